The number of aryl methyl sites for hydroxylation is 1. The third-order valence-electron chi connectivity index (χ3n) is 4.59. The number of hydrogen-bond donors (Lipinski definition) is 0. The van der Waals surface area contributed by atoms with Crippen LogP contribution in [-0.4, -0.2) is 26.6 Å². The van der Waals surface area contributed by atoms with Crippen molar-refractivity contribution in [3.05, 3.63) is 72.1 Å². The highest BCUT2D eigenvalue weighted by molar-refractivity contribution is 7.92. The zero-order valence-corrected chi connectivity index (χ0v) is 16.0. The van der Waals surface area contributed by atoms with Crippen molar-refractivity contribution >= 4 is 15.7 Å². The molecule has 0 spiro atoms. The maximum atomic E-state index is 13.2. The van der Waals surface area contributed by atoms with Crippen molar-refractivity contribution in [1.29, 1.82) is 5.26 Å². The topological polar surface area (TPSA) is 83.3 Å². The van der Waals surface area contributed by atoms with Crippen molar-refractivity contribution in [3.8, 4) is 22.9 Å². The Labute approximate surface area is 163 Å². The summed E-state index contributed by atoms with van der Waals surface area (Å²) in [5.41, 5.74) is 3.32. The minimum Gasteiger partial charge on any atom is -0.489 e. The molecule has 0 amide bonds. The van der Waals surface area contributed by atoms with Gasteiger partial charge in [-0.15, -0.1) is 0 Å². The minimum atomic E-state index is -3.74. The first-order valence-electron chi connectivity index (χ1n) is 8.71. The van der Waals surface area contributed by atoms with Gasteiger partial charge in [-0.25, -0.2) is 8.42 Å². The highest BCUT2D eigenvalue weighted by Crippen LogP contribution is 2.41. The van der Waals surface area contributed by atoms with Gasteiger partial charge in [-0.2, -0.15) is 5.26 Å². The standard InChI is InChI=1S/C21H17N3O3S/c1-15-3-2-4-18(11-15)28(25,26)24-9-10-27-21-19(13-23-14-20(21)24)17-7-5-16(12-22)6-8-17/h2-8,11,13-14H,9-10H2,1H3. The van der Waals surface area contributed by atoms with Crippen LogP contribution in [0.25, 0.3) is 11.1 Å². The lowest BCUT2D eigenvalue weighted by atomic mass is 10.0. The Morgan fingerprint density at radius 1 is 1.14 bits per heavy atom. The fraction of sp³-hybridized carbons (Fsp3) is 0.143. The first-order valence-corrected chi connectivity index (χ1v) is 10.2. The molecule has 0 fully saturated rings. The average Bonchev–Trinajstić information content (AvgIpc) is 2.73. The second-order valence-corrected chi connectivity index (χ2v) is 8.33. The van der Waals surface area contributed by atoms with Gasteiger partial charge in [-0.1, -0.05) is 24.3 Å². The van der Waals surface area contributed by atoms with Crippen LogP contribution in [0.4, 0.5) is 5.69 Å². The predicted octanol–water partition coefficient (Wildman–Crippen LogP) is 3.52. The van der Waals surface area contributed by atoms with E-state index in [2.05, 4.69) is 11.1 Å². The Hall–Kier alpha value is -3.37. The molecule has 0 atom stereocenters. The Morgan fingerprint density at radius 2 is 1.93 bits per heavy atom. The molecule has 6 nitrogen and oxygen atoms in total. The van der Waals surface area contributed by atoms with Crippen molar-refractivity contribution in [2.45, 2.75) is 11.8 Å². The number of pyridine rings is 1. The third kappa shape index (κ3) is 3.08. The van der Waals surface area contributed by atoms with Crippen molar-refractivity contribution < 1.29 is 13.2 Å². The molecule has 0 unspecified atom stereocenters. The van der Waals surface area contributed by atoms with E-state index in [0.717, 1.165) is 11.1 Å². The molecular weight excluding hydrogens is 374 g/mol. The van der Waals surface area contributed by atoms with Crippen LogP contribution in [0.1, 0.15) is 11.1 Å². The molecule has 4 rings (SSSR count). The van der Waals surface area contributed by atoms with Crippen LogP contribution in [0.2, 0.25) is 0 Å². The summed E-state index contributed by atoms with van der Waals surface area (Å²) in [5, 5.41) is 8.98. The molecule has 1 aliphatic rings. The Bertz CT molecular complexity index is 1180. The van der Waals surface area contributed by atoms with Crippen LogP contribution in [0.3, 0.4) is 0 Å². The van der Waals surface area contributed by atoms with Gasteiger partial charge in [0.15, 0.2) is 5.75 Å². The number of nitrogens with zero attached hydrogens (tertiary/aromatic N) is 3. The van der Waals surface area contributed by atoms with Gasteiger partial charge in [0.1, 0.15) is 12.3 Å². The van der Waals surface area contributed by atoms with E-state index in [0.29, 0.717) is 22.6 Å². The van der Waals surface area contributed by atoms with Crippen molar-refractivity contribution in [3.63, 3.8) is 0 Å². The van der Waals surface area contributed by atoms with E-state index in [1.54, 1.807) is 48.7 Å². The lowest BCUT2D eigenvalue weighted by molar-refractivity contribution is 0.316. The molecular formula is C21H17N3O3S. The second-order valence-electron chi connectivity index (χ2n) is 6.47. The monoisotopic (exact) mass is 391 g/mol. The fourth-order valence-corrected chi connectivity index (χ4v) is 4.74. The van der Waals surface area contributed by atoms with Crippen LogP contribution >= 0.6 is 0 Å². The van der Waals surface area contributed by atoms with Gasteiger partial charge in [-0.05, 0) is 42.3 Å². The van der Waals surface area contributed by atoms with Gasteiger partial charge >= 0.3 is 0 Å². The number of ether oxygens (including phenoxy) is 1. The van der Waals surface area contributed by atoms with Crippen molar-refractivity contribution in [1.82, 2.24) is 4.98 Å². The number of benzene rings is 2. The summed E-state index contributed by atoms with van der Waals surface area (Å²) < 4.78 is 33.7. The first kappa shape index (κ1) is 18.0. The number of sulfonamides is 1. The molecule has 1 aromatic heterocycles. The molecule has 0 bridgehead atoms. The van der Waals surface area contributed by atoms with Gasteiger partial charge in [0, 0.05) is 11.8 Å². The summed E-state index contributed by atoms with van der Waals surface area (Å²) in [6.07, 6.45) is 3.15. The Kier molecular flexibility index (Phi) is 4.49. The lowest BCUT2D eigenvalue weighted by Gasteiger charge is -2.31. The lowest BCUT2D eigenvalue weighted by Crippen LogP contribution is -2.38. The number of rotatable bonds is 3. The minimum absolute atomic E-state index is 0.210. The summed E-state index contributed by atoms with van der Waals surface area (Å²) >= 11 is 0. The molecule has 140 valence electrons. The number of anilines is 1. The van der Waals surface area contributed by atoms with E-state index in [1.165, 1.54) is 10.5 Å². The van der Waals surface area contributed by atoms with Gasteiger partial charge in [0.2, 0.25) is 0 Å². The number of hydrogen-bond acceptors (Lipinski definition) is 5. The molecule has 0 radical (unpaired) electrons. The maximum absolute atomic E-state index is 13.2. The number of nitriles is 1. The summed E-state index contributed by atoms with van der Waals surface area (Å²) in [6.45, 7) is 2.31. The van der Waals surface area contributed by atoms with Crippen molar-refractivity contribution in [2.75, 3.05) is 17.5 Å². The molecule has 7 heteroatoms. The maximum Gasteiger partial charge on any atom is 0.264 e. The normalized spacial score (nSPS) is 13.4. The van der Waals surface area contributed by atoms with Crippen LogP contribution in [0.5, 0.6) is 5.75 Å². The highest BCUT2D eigenvalue weighted by Gasteiger charge is 2.32. The van der Waals surface area contributed by atoms with Crippen molar-refractivity contribution in [2.24, 2.45) is 0 Å². The van der Waals surface area contributed by atoms with Crippen LogP contribution in [-0.2, 0) is 10.0 Å². The SMILES string of the molecule is Cc1cccc(S(=O)(=O)N2CCOc3c(-c4ccc(C#N)cc4)cncc32)c1. The molecule has 0 saturated heterocycles. The average molecular weight is 391 g/mol. The second kappa shape index (κ2) is 6.98. The van der Waals surface area contributed by atoms with Crippen LogP contribution < -0.4 is 9.04 Å². The molecule has 3 aromatic rings. The fourth-order valence-electron chi connectivity index (χ4n) is 3.20. The van der Waals surface area contributed by atoms with Gasteiger partial charge in [0.25, 0.3) is 10.0 Å². The van der Waals surface area contributed by atoms with E-state index in [4.69, 9.17) is 10.00 Å². The molecule has 0 aliphatic carbocycles. The smallest absolute Gasteiger partial charge is 0.264 e. The number of fused-ring (bicyclic) bond motifs is 1. The largest absolute Gasteiger partial charge is 0.489 e. The Balaban J connectivity index is 1.81. The highest BCUT2D eigenvalue weighted by atomic mass is 32.2. The molecule has 2 heterocycles. The van der Waals surface area contributed by atoms with Gasteiger partial charge in [0.05, 0.1) is 29.3 Å². The Morgan fingerprint density at radius 3 is 2.64 bits per heavy atom. The van der Waals surface area contributed by atoms with Gasteiger partial charge < -0.3 is 4.74 Å². The molecule has 0 N–H and O–H groups in total. The first-order chi connectivity index (χ1) is 13.5. The van der Waals surface area contributed by atoms with E-state index in [1.807, 2.05) is 13.0 Å². The summed E-state index contributed by atoms with van der Waals surface area (Å²) in [7, 11) is -3.74. The quantitative estimate of drug-likeness (QED) is 0.682. The van der Waals surface area contributed by atoms with E-state index in [-0.39, 0.29) is 18.0 Å². The summed E-state index contributed by atoms with van der Waals surface area (Å²) in [5.74, 6) is 0.474. The zero-order valence-electron chi connectivity index (χ0n) is 15.2. The summed E-state index contributed by atoms with van der Waals surface area (Å²) in [6, 6.07) is 15.9. The molecule has 1 aliphatic heterocycles. The van der Waals surface area contributed by atoms with E-state index < -0.39 is 10.0 Å². The number of aromatic nitrogens is 1. The van der Waals surface area contributed by atoms with E-state index in [9.17, 15) is 8.42 Å². The summed E-state index contributed by atoms with van der Waals surface area (Å²) in [4.78, 5) is 4.48. The van der Waals surface area contributed by atoms with Gasteiger partial charge in [-0.3, -0.25) is 9.29 Å². The molecule has 2 aromatic carbocycles. The molecule has 28 heavy (non-hydrogen) atoms. The molecule has 0 saturated carbocycles. The van der Waals surface area contributed by atoms with E-state index >= 15 is 0 Å². The van der Waals surface area contributed by atoms with Crippen LogP contribution in [0, 0.1) is 18.3 Å². The van der Waals surface area contributed by atoms with Crippen LogP contribution in [0.15, 0.2) is 65.8 Å². The zero-order chi connectivity index (χ0) is 19.7. The third-order valence-corrected chi connectivity index (χ3v) is 6.40. The predicted molar refractivity (Wildman–Crippen MR) is 106 cm³/mol.